The molecule has 0 fully saturated rings. The average Bonchev–Trinajstić information content (AvgIpc) is 2.60. The molecule has 0 amide bonds. The Morgan fingerprint density at radius 2 is 0.833 bits per heavy atom. The summed E-state index contributed by atoms with van der Waals surface area (Å²) >= 11 is 0. The third-order valence-corrected chi connectivity index (χ3v) is 4.91. The lowest BCUT2D eigenvalue weighted by atomic mass is 10.0. The van der Waals surface area contributed by atoms with E-state index in [2.05, 4.69) is 6.92 Å². The summed E-state index contributed by atoms with van der Waals surface area (Å²) in [6, 6.07) is 0. The zero-order valence-electron chi connectivity index (χ0n) is 16.3. The zero-order valence-corrected chi connectivity index (χ0v) is 16.3. The summed E-state index contributed by atoms with van der Waals surface area (Å²) in [5.41, 5.74) is 0. The highest BCUT2D eigenvalue weighted by atomic mass is 16.2. The van der Waals surface area contributed by atoms with Gasteiger partial charge in [0.2, 0.25) is 0 Å². The molecule has 142 valence electrons. The number of Topliss-reactive ketones (excluding diaryl/α,β-unsaturated/α-hetero) is 1. The van der Waals surface area contributed by atoms with Gasteiger partial charge in [-0.15, -0.1) is 0 Å². The molecule has 0 spiro atoms. The van der Waals surface area contributed by atoms with Crippen LogP contribution < -0.4 is 0 Å². The summed E-state index contributed by atoms with van der Waals surface area (Å²) in [4.78, 5) is 21.0. The maximum absolute atomic E-state index is 10.8. The Morgan fingerprint density at radius 1 is 0.542 bits per heavy atom. The van der Waals surface area contributed by atoms with Crippen molar-refractivity contribution in [3.63, 3.8) is 0 Å². The van der Waals surface area contributed by atoms with Crippen LogP contribution in [0.2, 0.25) is 0 Å². The highest BCUT2D eigenvalue weighted by molar-refractivity contribution is 6.24. The second kappa shape index (κ2) is 20.4. The minimum Gasteiger partial charge on any atom is -0.295 e. The van der Waals surface area contributed by atoms with Gasteiger partial charge in [0.25, 0.3) is 0 Å². The fourth-order valence-corrected chi connectivity index (χ4v) is 3.26. The van der Waals surface area contributed by atoms with Crippen LogP contribution in [0.3, 0.4) is 0 Å². The highest BCUT2D eigenvalue weighted by Gasteiger charge is 1.98. The molecule has 0 radical (unpaired) electrons. The Morgan fingerprint density at radius 3 is 1.12 bits per heavy atom. The quantitative estimate of drug-likeness (QED) is 0.134. The number of hydrogen-bond acceptors (Lipinski definition) is 2. The summed E-state index contributed by atoms with van der Waals surface area (Å²) < 4.78 is 0. The van der Waals surface area contributed by atoms with Gasteiger partial charge in [0.15, 0.2) is 12.1 Å². The topological polar surface area (TPSA) is 34.1 Å². The first-order chi connectivity index (χ1) is 11.8. The molecule has 0 N–H and O–H groups in total. The molecular weight excluding hydrogens is 296 g/mol. The number of unbranched alkanes of at least 4 members (excludes halogenated alkanes) is 17. The van der Waals surface area contributed by atoms with E-state index in [1.165, 1.54) is 103 Å². The standard InChI is InChI=1S/C22H42O2/c1-2-3-4-5-6-7-8-9-10-11-12-13-14-15-16-17-18-19-20-22(24)21-23/h21H,2-20H2,1H3. The molecule has 0 unspecified atom stereocenters. The summed E-state index contributed by atoms with van der Waals surface area (Å²) in [6.45, 7) is 2.28. The second-order valence-corrected chi connectivity index (χ2v) is 7.34. The normalized spacial score (nSPS) is 10.9. The third-order valence-electron chi connectivity index (χ3n) is 4.91. The van der Waals surface area contributed by atoms with Gasteiger partial charge >= 0.3 is 0 Å². The predicted molar refractivity (Wildman–Crippen MR) is 104 cm³/mol. The average molecular weight is 339 g/mol. The monoisotopic (exact) mass is 338 g/mol. The Balaban J connectivity index is 3.00. The molecule has 0 aromatic heterocycles. The van der Waals surface area contributed by atoms with Crippen molar-refractivity contribution in [3.05, 3.63) is 0 Å². The van der Waals surface area contributed by atoms with Crippen molar-refractivity contribution < 1.29 is 9.59 Å². The minimum absolute atomic E-state index is 0.244. The minimum atomic E-state index is -0.244. The number of rotatable bonds is 20. The van der Waals surface area contributed by atoms with Crippen molar-refractivity contribution >= 4 is 12.1 Å². The lowest BCUT2D eigenvalue weighted by Gasteiger charge is -2.03. The molecule has 24 heavy (non-hydrogen) atoms. The van der Waals surface area contributed by atoms with Crippen LogP contribution in [0.1, 0.15) is 129 Å². The number of carbonyl (C=O) groups is 2. The smallest absolute Gasteiger partial charge is 0.195 e. The molecule has 0 aromatic carbocycles. The van der Waals surface area contributed by atoms with Gasteiger partial charge in [0.1, 0.15) is 0 Å². The third kappa shape index (κ3) is 19.4. The summed E-state index contributed by atoms with van der Waals surface area (Å²) in [5, 5.41) is 0. The van der Waals surface area contributed by atoms with Crippen LogP contribution in [-0.2, 0) is 9.59 Å². The molecule has 2 heteroatoms. The molecule has 0 heterocycles. The van der Waals surface area contributed by atoms with E-state index in [1.807, 2.05) is 0 Å². The first-order valence-corrected chi connectivity index (χ1v) is 10.8. The maximum atomic E-state index is 10.8. The fourth-order valence-electron chi connectivity index (χ4n) is 3.26. The molecule has 0 rings (SSSR count). The highest BCUT2D eigenvalue weighted by Crippen LogP contribution is 2.14. The summed E-state index contributed by atoms with van der Waals surface area (Å²) in [7, 11) is 0. The lowest BCUT2D eigenvalue weighted by Crippen LogP contribution is -1.97. The van der Waals surface area contributed by atoms with Crippen molar-refractivity contribution in [2.24, 2.45) is 0 Å². The molecule has 0 aromatic rings. The maximum Gasteiger partial charge on any atom is 0.195 e. The van der Waals surface area contributed by atoms with E-state index in [0.29, 0.717) is 12.7 Å². The molecule has 0 saturated carbocycles. The van der Waals surface area contributed by atoms with Crippen LogP contribution in [0.25, 0.3) is 0 Å². The Labute approximate surface area is 151 Å². The number of hydrogen-bond donors (Lipinski definition) is 0. The largest absolute Gasteiger partial charge is 0.295 e. The van der Waals surface area contributed by atoms with Crippen LogP contribution >= 0.6 is 0 Å². The van der Waals surface area contributed by atoms with Crippen molar-refractivity contribution in [2.75, 3.05) is 0 Å². The van der Waals surface area contributed by atoms with Crippen molar-refractivity contribution in [1.29, 1.82) is 0 Å². The lowest BCUT2D eigenvalue weighted by molar-refractivity contribution is -0.129. The van der Waals surface area contributed by atoms with Crippen LogP contribution in [0, 0.1) is 0 Å². The van der Waals surface area contributed by atoms with Gasteiger partial charge in [-0.1, -0.05) is 116 Å². The van der Waals surface area contributed by atoms with E-state index in [4.69, 9.17) is 0 Å². The number of aldehydes is 1. The van der Waals surface area contributed by atoms with E-state index in [-0.39, 0.29) is 5.78 Å². The van der Waals surface area contributed by atoms with Gasteiger partial charge in [-0.05, 0) is 6.42 Å². The van der Waals surface area contributed by atoms with Gasteiger partial charge in [0, 0.05) is 6.42 Å². The molecule has 0 aliphatic carbocycles. The van der Waals surface area contributed by atoms with Gasteiger partial charge < -0.3 is 0 Å². The Kier molecular flexibility index (Phi) is 19.8. The van der Waals surface area contributed by atoms with Crippen LogP contribution in [0.5, 0.6) is 0 Å². The first kappa shape index (κ1) is 23.3. The molecule has 0 bridgehead atoms. The van der Waals surface area contributed by atoms with Crippen LogP contribution in [0.15, 0.2) is 0 Å². The van der Waals surface area contributed by atoms with E-state index >= 15 is 0 Å². The number of ketones is 1. The van der Waals surface area contributed by atoms with Gasteiger partial charge in [0.05, 0.1) is 0 Å². The van der Waals surface area contributed by atoms with Gasteiger partial charge in [-0.2, -0.15) is 0 Å². The van der Waals surface area contributed by atoms with Gasteiger partial charge in [-0.25, -0.2) is 0 Å². The first-order valence-electron chi connectivity index (χ1n) is 10.8. The molecule has 0 aliphatic heterocycles. The van der Waals surface area contributed by atoms with Crippen molar-refractivity contribution in [2.45, 2.75) is 129 Å². The van der Waals surface area contributed by atoms with Crippen molar-refractivity contribution in [3.8, 4) is 0 Å². The molecule has 0 saturated heterocycles. The summed E-state index contributed by atoms with van der Waals surface area (Å²) in [5.74, 6) is -0.244. The number of carbonyl (C=O) groups excluding carboxylic acids is 2. The van der Waals surface area contributed by atoms with E-state index in [9.17, 15) is 9.59 Å². The molecular formula is C22H42O2. The Bertz CT molecular complexity index is 273. The van der Waals surface area contributed by atoms with E-state index in [0.717, 1.165) is 12.8 Å². The van der Waals surface area contributed by atoms with Crippen molar-refractivity contribution in [1.82, 2.24) is 0 Å². The van der Waals surface area contributed by atoms with Gasteiger partial charge in [-0.3, -0.25) is 9.59 Å². The van der Waals surface area contributed by atoms with E-state index in [1.54, 1.807) is 0 Å². The second-order valence-electron chi connectivity index (χ2n) is 7.34. The summed E-state index contributed by atoms with van der Waals surface area (Å²) in [6.07, 6.45) is 25.1. The Hall–Kier alpha value is -0.660. The fraction of sp³-hybridized carbons (Fsp3) is 0.909. The SMILES string of the molecule is CCCCCCCCCCCCCCCCCCCCC(=O)C=O. The predicted octanol–water partition coefficient (Wildman–Crippen LogP) is 7.19. The van der Waals surface area contributed by atoms with Crippen LogP contribution in [-0.4, -0.2) is 12.1 Å². The molecule has 0 aliphatic rings. The molecule has 0 atom stereocenters. The van der Waals surface area contributed by atoms with Crippen LogP contribution in [0.4, 0.5) is 0 Å². The molecule has 2 nitrogen and oxygen atoms in total. The van der Waals surface area contributed by atoms with E-state index < -0.39 is 0 Å². The zero-order chi connectivity index (χ0) is 17.7.